The first-order chi connectivity index (χ1) is 22.8. The van der Waals surface area contributed by atoms with Gasteiger partial charge in [0.05, 0.1) is 41.9 Å². The summed E-state index contributed by atoms with van der Waals surface area (Å²) in [6, 6.07) is 5.65. The minimum absolute atomic E-state index is 0.0284. The monoisotopic (exact) mass is 673 g/mol. The van der Waals surface area contributed by atoms with Crippen LogP contribution in [0.4, 0.5) is 22.0 Å². The Kier molecular flexibility index (Phi) is 8.59. The number of carboxylic acid groups (broad SMARTS) is 1. The first kappa shape index (κ1) is 32.5. The van der Waals surface area contributed by atoms with Gasteiger partial charge in [0.2, 0.25) is 5.91 Å². The Bertz CT molecular complexity index is 2020. The Labute approximate surface area is 268 Å². The van der Waals surface area contributed by atoms with Crippen molar-refractivity contribution in [1.82, 2.24) is 44.7 Å². The number of nitrogens with one attached hydrogen (secondary N) is 2. The largest absolute Gasteiger partial charge is 0.505 e. The van der Waals surface area contributed by atoms with Gasteiger partial charge in [0.1, 0.15) is 23.7 Å². The Hall–Kier alpha value is -5.39. The van der Waals surface area contributed by atoms with E-state index in [2.05, 4.69) is 30.3 Å². The Morgan fingerprint density at radius 3 is 2.54 bits per heavy atom. The number of phenolic OH excluding ortho intramolecular Hbond substituents is 1. The number of alkyl halides is 3. The molecule has 0 atom stereocenters. The smallest absolute Gasteiger partial charge is 0.490 e. The Morgan fingerprint density at radius 2 is 1.81 bits per heavy atom. The van der Waals surface area contributed by atoms with Gasteiger partial charge >= 0.3 is 12.1 Å². The van der Waals surface area contributed by atoms with E-state index in [1.165, 1.54) is 18.2 Å². The molecule has 0 fully saturated rings. The second kappa shape index (κ2) is 12.7. The van der Waals surface area contributed by atoms with E-state index < -0.39 is 29.5 Å². The predicted molar refractivity (Wildman–Crippen MR) is 158 cm³/mol. The van der Waals surface area contributed by atoms with Gasteiger partial charge in [0.25, 0.3) is 0 Å². The van der Waals surface area contributed by atoms with Gasteiger partial charge in [-0.05, 0) is 47.4 Å². The average molecular weight is 674 g/mol. The van der Waals surface area contributed by atoms with E-state index in [9.17, 15) is 27.5 Å². The van der Waals surface area contributed by atoms with Crippen LogP contribution in [0.25, 0.3) is 33.5 Å². The fraction of sp³-hybridized carbons (Fsp3) is 0.333. The molecule has 0 unspecified atom stereocenters. The molecule has 2 aromatic carbocycles. The maximum Gasteiger partial charge on any atom is 0.490 e. The van der Waals surface area contributed by atoms with Crippen LogP contribution in [0.2, 0.25) is 0 Å². The molecule has 0 saturated carbocycles. The SMILES string of the molecule is CCc1cc(O)c(F)cc1-c1cc(F)c2c(-c3nc4c([nH]3)CN(C(=O)CN3CCn5cnnc5C3)CC4)n[nH]c2c1.O=C(O)C(F)(F)F. The predicted octanol–water partition coefficient (Wildman–Crippen LogP) is 3.79. The lowest BCUT2D eigenvalue weighted by atomic mass is 9.96. The van der Waals surface area contributed by atoms with Crippen molar-refractivity contribution in [3.05, 3.63) is 65.0 Å². The van der Waals surface area contributed by atoms with Crippen molar-refractivity contribution in [1.29, 1.82) is 0 Å². The van der Waals surface area contributed by atoms with Gasteiger partial charge in [-0.1, -0.05) is 6.92 Å². The summed E-state index contributed by atoms with van der Waals surface area (Å²) in [4.78, 5) is 33.9. The molecule has 18 heteroatoms. The average Bonchev–Trinajstić information content (AvgIpc) is 3.79. The number of aromatic hydroxyl groups is 1. The molecule has 1 amide bonds. The Morgan fingerprint density at radius 1 is 1.04 bits per heavy atom. The van der Waals surface area contributed by atoms with Crippen molar-refractivity contribution >= 4 is 22.8 Å². The van der Waals surface area contributed by atoms with Crippen molar-refractivity contribution in [2.75, 3.05) is 19.6 Å². The van der Waals surface area contributed by atoms with Gasteiger partial charge in [0, 0.05) is 26.1 Å². The van der Waals surface area contributed by atoms with Gasteiger partial charge in [-0.3, -0.25) is 14.8 Å². The van der Waals surface area contributed by atoms with E-state index in [0.717, 1.165) is 30.3 Å². The summed E-state index contributed by atoms with van der Waals surface area (Å²) in [5.74, 6) is -3.18. The minimum atomic E-state index is -5.08. The zero-order valence-corrected chi connectivity index (χ0v) is 25.3. The number of H-pyrrole nitrogens is 2. The summed E-state index contributed by atoms with van der Waals surface area (Å²) in [6.07, 6.45) is -2.26. The van der Waals surface area contributed by atoms with Crippen LogP contribution in [0.15, 0.2) is 30.6 Å². The van der Waals surface area contributed by atoms with E-state index in [1.807, 2.05) is 11.5 Å². The number of carboxylic acids is 1. The number of phenols is 1. The number of amides is 1. The summed E-state index contributed by atoms with van der Waals surface area (Å²) in [6.45, 7) is 5.20. The van der Waals surface area contributed by atoms with Crippen LogP contribution in [0.1, 0.15) is 29.7 Å². The zero-order chi connectivity index (χ0) is 34.3. The molecule has 0 saturated heterocycles. The van der Waals surface area contributed by atoms with Gasteiger partial charge in [-0.15, -0.1) is 10.2 Å². The van der Waals surface area contributed by atoms with E-state index in [-0.39, 0.29) is 11.3 Å². The van der Waals surface area contributed by atoms with Gasteiger partial charge in [-0.25, -0.2) is 18.6 Å². The number of halogens is 5. The summed E-state index contributed by atoms with van der Waals surface area (Å²) in [5, 5.41) is 32.5. The number of aromatic amines is 2. The molecular formula is C30H28F5N9O4. The number of nitrogens with zero attached hydrogens (tertiary/aromatic N) is 7. The van der Waals surface area contributed by atoms with Crippen LogP contribution in [0.3, 0.4) is 0 Å². The highest BCUT2D eigenvalue weighted by Gasteiger charge is 2.38. The lowest BCUT2D eigenvalue weighted by Crippen LogP contribution is -2.44. The number of rotatable bonds is 5. The van der Waals surface area contributed by atoms with Crippen LogP contribution in [0.5, 0.6) is 5.75 Å². The molecule has 0 radical (unpaired) electrons. The third-order valence-corrected chi connectivity index (χ3v) is 8.21. The quantitative estimate of drug-likeness (QED) is 0.203. The van der Waals surface area contributed by atoms with Crippen LogP contribution in [-0.4, -0.2) is 92.6 Å². The molecule has 7 rings (SSSR count). The summed E-state index contributed by atoms with van der Waals surface area (Å²) in [7, 11) is 0. The minimum Gasteiger partial charge on any atom is -0.505 e. The first-order valence-corrected chi connectivity index (χ1v) is 14.8. The first-order valence-electron chi connectivity index (χ1n) is 14.8. The number of carbonyl (C=O) groups excluding carboxylic acids is 1. The highest BCUT2D eigenvalue weighted by molar-refractivity contribution is 5.94. The molecule has 3 aromatic heterocycles. The summed E-state index contributed by atoms with van der Waals surface area (Å²) < 4.78 is 63.5. The van der Waals surface area contributed by atoms with Crippen molar-refractivity contribution in [3.8, 4) is 28.4 Å². The Balaban J connectivity index is 0.000000519. The summed E-state index contributed by atoms with van der Waals surface area (Å²) >= 11 is 0. The molecular weight excluding hydrogens is 645 g/mol. The van der Waals surface area contributed by atoms with E-state index >= 15 is 4.39 Å². The zero-order valence-electron chi connectivity index (χ0n) is 25.3. The lowest BCUT2D eigenvalue weighted by molar-refractivity contribution is -0.192. The maximum absolute atomic E-state index is 15.6. The molecule has 2 aliphatic rings. The highest BCUT2D eigenvalue weighted by atomic mass is 19.4. The summed E-state index contributed by atoms with van der Waals surface area (Å²) in [5.41, 5.74) is 4.08. The molecule has 0 spiro atoms. The van der Waals surface area contributed by atoms with Gasteiger partial charge < -0.3 is 24.7 Å². The second-order valence-corrected chi connectivity index (χ2v) is 11.3. The molecule has 252 valence electrons. The number of fused-ring (bicyclic) bond motifs is 3. The fourth-order valence-electron chi connectivity index (χ4n) is 5.76. The number of aliphatic carboxylic acids is 1. The number of aromatic nitrogens is 7. The van der Waals surface area contributed by atoms with E-state index in [1.54, 1.807) is 17.3 Å². The molecule has 48 heavy (non-hydrogen) atoms. The van der Waals surface area contributed by atoms with E-state index in [4.69, 9.17) is 14.9 Å². The second-order valence-electron chi connectivity index (χ2n) is 11.3. The third kappa shape index (κ3) is 6.42. The number of benzene rings is 2. The number of hydrogen-bond acceptors (Lipinski definition) is 8. The van der Waals surface area contributed by atoms with Crippen LogP contribution in [-0.2, 0) is 42.1 Å². The maximum atomic E-state index is 15.6. The van der Waals surface area contributed by atoms with Crippen LogP contribution < -0.4 is 0 Å². The molecule has 0 aliphatic carbocycles. The molecule has 4 N–H and O–H groups in total. The molecule has 2 aliphatic heterocycles. The molecule has 0 bridgehead atoms. The van der Waals surface area contributed by atoms with Crippen molar-refractivity contribution in [3.63, 3.8) is 0 Å². The van der Waals surface area contributed by atoms with E-state index in [0.29, 0.717) is 72.7 Å². The van der Waals surface area contributed by atoms with Gasteiger partial charge in [0.15, 0.2) is 17.4 Å². The molecule has 5 aromatic rings. The number of carbonyl (C=O) groups is 2. The number of aryl methyl sites for hydroxylation is 1. The van der Waals surface area contributed by atoms with Crippen molar-refractivity contribution in [2.24, 2.45) is 0 Å². The number of imidazole rings is 1. The van der Waals surface area contributed by atoms with Crippen molar-refractivity contribution in [2.45, 2.75) is 45.6 Å². The normalized spacial score (nSPS) is 14.8. The van der Waals surface area contributed by atoms with Crippen LogP contribution >= 0.6 is 0 Å². The standard InChI is InChI=1S/C28H27F2N9O2.C2HF3O2/c1-2-15-9-23(40)18(29)10-17(15)16-7-19(30)26-21(8-16)34-36-27(26)28-32-20-3-4-38(11-22(20)33-28)25(41)13-37-5-6-39-14-31-35-24(39)12-37;3-2(4,5)1(6)7/h7-10,14,40H,2-6,11-13H2,1H3,(H,32,33)(H,34,36);(H,6,7). The van der Waals surface area contributed by atoms with Crippen LogP contribution in [0, 0.1) is 11.6 Å². The fourth-order valence-corrected chi connectivity index (χ4v) is 5.76. The third-order valence-electron chi connectivity index (χ3n) is 8.21. The molecule has 13 nitrogen and oxygen atoms in total. The highest BCUT2D eigenvalue weighted by Crippen LogP contribution is 2.35. The van der Waals surface area contributed by atoms with Crippen molar-refractivity contribution < 1.29 is 41.8 Å². The van der Waals surface area contributed by atoms with Gasteiger partial charge in [-0.2, -0.15) is 18.3 Å². The number of hydrogen-bond donors (Lipinski definition) is 4. The molecule has 5 heterocycles. The topological polar surface area (TPSA) is 169 Å². The lowest BCUT2D eigenvalue weighted by Gasteiger charge is -2.31.